The predicted molar refractivity (Wildman–Crippen MR) is 169 cm³/mol. The van der Waals surface area contributed by atoms with Crippen molar-refractivity contribution in [3.05, 3.63) is 102 Å². The van der Waals surface area contributed by atoms with E-state index in [1.54, 1.807) is 0 Å². The highest BCUT2D eigenvalue weighted by atomic mass is 15.1. The van der Waals surface area contributed by atoms with Crippen molar-refractivity contribution in [3.8, 4) is 0 Å². The normalized spacial score (nSPS) is 11.5. The first-order valence-electron chi connectivity index (χ1n) is 14.0. The minimum atomic E-state index is 0.109. The molecule has 0 radical (unpaired) electrons. The van der Waals surface area contributed by atoms with E-state index in [4.69, 9.17) is 11.1 Å². The Hall–Kier alpha value is -2.95. The third-order valence-corrected chi connectivity index (χ3v) is 6.83. The van der Waals surface area contributed by atoms with Crippen LogP contribution >= 0.6 is 0 Å². The number of likely N-dealkylation sites (N-methyl/N-ethyl adjacent to an activating group) is 1. The van der Waals surface area contributed by atoms with Crippen molar-refractivity contribution in [2.45, 2.75) is 64.3 Å². The summed E-state index contributed by atoms with van der Waals surface area (Å²) < 4.78 is 0. The summed E-state index contributed by atoms with van der Waals surface area (Å²) in [7, 11) is 6.40. The highest BCUT2D eigenvalue weighted by Gasteiger charge is 2.10. The predicted octanol–water partition coefficient (Wildman–Crippen LogP) is 7.13. The van der Waals surface area contributed by atoms with Crippen molar-refractivity contribution in [1.82, 2.24) is 9.80 Å². The number of aryl methyl sites for hydroxylation is 2. The lowest BCUT2D eigenvalue weighted by Gasteiger charge is -2.24. The van der Waals surface area contributed by atoms with E-state index in [0.29, 0.717) is 6.04 Å². The van der Waals surface area contributed by atoms with Crippen molar-refractivity contribution in [3.63, 3.8) is 0 Å². The van der Waals surface area contributed by atoms with Crippen molar-refractivity contribution < 1.29 is 0 Å². The van der Waals surface area contributed by atoms with Gasteiger partial charge in [-0.2, -0.15) is 0 Å². The van der Waals surface area contributed by atoms with Gasteiger partial charge in [0.05, 0.1) is 0 Å². The largest absolute Gasteiger partial charge is 0.384 e. The molecule has 0 fully saturated rings. The zero-order chi connectivity index (χ0) is 28.3. The summed E-state index contributed by atoms with van der Waals surface area (Å²) >= 11 is 0. The zero-order valence-electron chi connectivity index (χ0n) is 24.5. The van der Waals surface area contributed by atoms with E-state index < -0.39 is 0 Å². The quantitative estimate of drug-likeness (QED) is 0.102. The van der Waals surface area contributed by atoms with Gasteiger partial charge in [0.15, 0.2) is 0 Å². The zero-order valence-corrected chi connectivity index (χ0v) is 24.5. The van der Waals surface area contributed by atoms with Crippen LogP contribution in [-0.4, -0.2) is 55.9 Å². The highest BCUT2D eigenvalue weighted by molar-refractivity contribution is 5.94. The maximum absolute atomic E-state index is 7.49. The molecule has 0 amide bonds. The average Bonchev–Trinajstić information content (AvgIpc) is 2.92. The molecule has 0 aliphatic heterocycles. The molecular formula is C34H52N4. The summed E-state index contributed by atoms with van der Waals surface area (Å²) in [5.74, 6) is 0.109. The van der Waals surface area contributed by atoms with Crippen LogP contribution in [0.5, 0.6) is 0 Å². The molecule has 0 aliphatic rings. The summed E-state index contributed by atoms with van der Waals surface area (Å²) in [6, 6.07) is 14.9. The van der Waals surface area contributed by atoms with Crippen LogP contribution < -0.4 is 5.73 Å². The van der Waals surface area contributed by atoms with Crippen molar-refractivity contribution in [1.29, 1.82) is 5.41 Å². The Labute approximate surface area is 233 Å². The maximum Gasteiger partial charge on any atom is 0.122 e. The number of hydrogen-bond acceptors (Lipinski definition) is 3. The molecule has 0 bridgehead atoms. The van der Waals surface area contributed by atoms with E-state index in [-0.39, 0.29) is 5.84 Å². The fourth-order valence-corrected chi connectivity index (χ4v) is 4.31. The van der Waals surface area contributed by atoms with Gasteiger partial charge in [-0.1, -0.05) is 93.5 Å². The van der Waals surface area contributed by atoms with E-state index in [9.17, 15) is 0 Å². The van der Waals surface area contributed by atoms with Crippen LogP contribution in [0.1, 0.15) is 66.8 Å². The third-order valence-electron chi connectivity index (χ3n) is 6.83. The summed E-state index contributed by atoms with van der Waals surface area (Å²) in [4.78, 5) is 4.57. The first kappa shape index (κ1) is 33.1. The Morgan fingerprint density at radius 2 is 1.55 bits per heavy atom. The van der Waals surface area contributed by atoms with E-state index in [2.05, 4.69) is 87.9 Å². The fourth-order valence-electron chi connectivity index (χ4n) is 4.31. The second-order valence-corrected chi connectivity index (χ2v) is 10.3. The van der Waals surface area contributed by atoms with Crippen molar-refractivity contribution in [2.24, 2.45) is 5.73 Å². The number of hydrogen-bond donors (Lipinski definition) is 2. The van der Waals surface area contributed by atoms with Gasteiger partial charge in [-0.25, -0.2) is 0 Å². The Balaban J connectivity index is 0.000000686. The molecular weight excluding hydrogens is 464 g/mol. The number of nitrogen functional groups attached to an aromatic ring is 1. The van der Waals surface area contributed by atoms with Crippen LogP contribution in [0, 0.1) is 5.41 Å². The molecule has 38 heavy (non-hydrogen) atoms. The standard InChI is InChI=1S/C26H33N3.C8H19N/c1-5-8-25(7-3)29(4)18-17-24-19-21(13-14-22(24)6-2)10-9-20-11-15-23(16-12-20)26(27)28;1-4-5-6-7-8-9(2)3/h5-7,11-16,19,25H,1-3,8-10,17-18H2,4H3,(H3,27,28);4-8H2,1-3H3. The number of nitrogens with two attached hydrogens (primary N) is 1. The number of benzene rings is 2. The summed E-state index contributed by atoms with van der Waals surface area (Å²) in [6.07, 6.45) is 15.2. The Morgan fingerprint density at radius 1 is 0.895 bits per heavy atom. The molecule has 4 heteroatoms. The fraction of sp³-hybridized carbons (Fsp3) is 0.441. The van der Waals surface area contributed by atoms with Crippen LogP contribution in [0.2, 0.25) is 0 Å². The molecule has 0 spiro atoms. The minimum Gasteiger partial charge on any atom is -0.384 e. The molecule has 3 N–H and O–H groups in total. The molecule has 2 aromatic rings. The topological polar surface area (TPSA) is 56.4 Å². The summed E-state index contributed by atoms with van der Waals surface area (Å²) in [5, 5.41) is 7.49. The Kier molecular flexibility index (Phi) is 16.7. The van der Waals surface area contributed by atoms with Gasteiger partial charge < -0.3 is 10.6 Å². The van der Waals surface area contributed by atoms with E-state index in [1.165, 1.54) is 54.5 Å². The lowest BCUT2D eigenvalue weighted by Crippen LogP contribution is -2.31. The molecule has 1 unspecified atom stereocenters. The molecule has 4 nitrogen and oxygen atoms in total. The molecule has 1 atom stereocenters. The van der Waals surface area contributed by atoms with Gasteiger partial charge in [-0.15, -0.1) is 13.2 Å². The number of unbranched alkanes of at least 4 members (excludes halogenated alkanes) is 3. The van der Waals surface area contributed by atoms with Gasteiger partial charge in [-0.3, -0.25) is 10.3 Å². The van der Waals surface area contributed by atoms with E-state index >= 15 is 0 Å². The SMILES string of the molecule is C=CCC(C=C)N(C)CCc1cc(CCc2ccc(C(=N)N)cc2)ccc1C=C.CCCCCCN(C)C. The molecule has 0 aromatic heterocycles. The average molecular weight is 517 g/mol. The van der Waals surface area contributed by atoms with Gasteiger partial charge in [0.2, 0.25) is 0 Å². The van der Waals surface area contributed by atoms with Gasteiger partial charge in [0.1, 0.15) is 5.84 Å². The Bertz CT molecular complexity index is 974. The maximum atomic E-state index is 7.49. The molecule has 0 saturated carbocycles. The van der Waals surface area contributed by atoms with Crippen LogP contribution in [0.3, 0.4) is 0 Å². The van der Waals surface area contributed by atoms with E-state index in [0.717, 1.165) is 37.8 Å². The van der Waals surface area contributed by atoms with Gasteiger partial charge in [-0.05, 0) is 82.0 Å². The third kappa shape index (κ3) is 13.0. The number of amidine groups is 1. The van der Waals surface area contributed by atoms with Gasteiger partial charge >= 0.3 is 0 Å². The lowest BCUT2D eigenvalue weighted by molar-refractivity contribution is 0.286. The first-order chi connectivity index (χ1) is 18.2. The van der Waals surface area contributed by atoms with Crippen LogP contribution in [0.4, 0.5) is 0 Å². The van der Waals surface area contributed by atoms with Crippen molar-refractivity contribution >= 4 is 11.9 Å². The molecule has 2 rings (SSSR count). The summed E-state index contributed by atoms with van der Waals surface area (Å²) in [6.45, 7) is 16.2. The van der Waals surface area contributed by atoms with E-state index in [1.807, 2.05) is 30.4 Å². The monoisotopic (exact) mass is 516 g/mol. The molecule has 2 aromatic carbocycles. The lowest BCUT2D eigenvalue weighted by atomic mass is 9.97. The Morgan fingerprint density at radius 3 is 2.11 bits per heavy atom. The second-order valence-electron chi connectivity index (χ2n) is 10.3. The van der Waals surface area contributed by atoms with Gasteiger partial charge in [0, 0.05) is 18.2 Å². The number of nitrogens with one attached hydrogen (secondary N) is 1. The molecule has 0 aliphatic carbocycles. The minimum absolute atomic E-state index is 0.109. The highest BCUT2D eigenvalue weighted by Crippen LogP contribution is 2.18. The smallest absolute Gasteiger partial charge is 0.122 e. The summed E-state index contributed by atoms with van der Waals surface area (Å²) in [5.41, 5.74) is 11.4. The molecule has 208 valence electrons. The number of rotatable bonds is 17. The molecule has 0 saturated heterocycles. The molecule has 0 heterocycles. The van der Waals surface area contributed by atoms with Crippen molar-refractivity contribution in [2.75, 3.05) is 34.2 Å². The first-order valence-corrected chi connectivity index (χ1v) is 14.0. The second kappa shape index (κ2) is 19.2. The van der Waals surface area contributed by atoms with Crippen LogP contribution in [0.15, 0.2) is 74.4 Å². The van der Waals surface area contributed by atoms with Crippen LogP contribution in [0.25, 0.3) is 6.08 Å². The van der Waals surface area contributed by atoms with Gasteiger partial charge in [0.25, 0.3) is 0 Å². The van der Waals surface area contributed by atoms with Crippen LogP contribution in [-0.2, 0) is 19.3 Å². The number of nitrogens with zero attached hydrogens (tertiary/aromatic N) is 2.